The Balaban J connectivity index is 4.11. The molecule has 0 bridgehead atoms. The van der Waals surface area contributed by atoms with Gasteiger partial charge in [-0.15, -0.1) is 0 Å². The van der Waals surface area contributed by atoms with E-state index >= 15 is 0 Å². The molecule has 0 aromatic carbocycles. The molecule has 0 aromatic rings. The van der Waals surface area contributed by atoms with Crippen molar-refractivity contribution >= 4 is 40.0 Å². The number of hydrogen-bond acceptors (Lipinski definition) is 5. The van der Waals surface area contributed by atoms with Gasteiger partial charge in [-0.05, 0) is 11.8 Å². The molecule has 0 aliphatic heterocycles. The maximum absolute atomic E-state index is 10.9. The van der Waals surface area contributed by atoms with E-state index in [1.165, 1.54) is 14.1 Å². The van der Waals surface area contributed by atoms with Crippen molar-refractivity contribution in [2.45, 2.75) is 5.25 Å². The molecule has 1 unspecified atom stereocenters. The number of amides is 2. The van der Waals surface area contributed by atoms with E-state index in [1.54, 1.807) is 0 Å². The number of aliphatic carboxylic acids is 1. The third-order valence-corrected chi connectivity index (χ3v) is 3.55. The van der Waals surface area contributed by atoms with Crippen molar-refractivity contribution in [1.29, 1.82) is 0 Å². The van der Waals surface area contributed by atoms with Crippen molar-refractivity contribution in [3.8, 4) is 0 Å². The fourth-order valence-corrected chi connectivity index (χ4v) is 2.11. The predicted octanol–water partition coefficient (Wildman–Crippen LogP) is 0.585. The fourth-order valence-electron chi connectivity index (χ4n) is 0.567. The molecule has 8 heteroatoms. The van der Waals surface area contributed by atoms with Crippen molar-refractivity contribution in [2.24, 2.45) is 0 Å². The quantitative estimate of drug-likeness (QED) is 0.677. The number of carboxylic acids is 1. The zero-order valence-electron chi connectivity index (χ0n) is 8.27. The maximum atomic E-state index is 10.9. The van der Waals surface area contributed by atoms with Gasteiger partial charge >= 0.3 is 5.97 Å². The Morgan fingerprint density at radius 1 is 1.20 bits per heavy atom. The normalized spacial score (nSPS) is 11.6. The van der Waals surface area contributed by atoms with Crippen LogP contribution in [0.4, 0.5) is 9.59 Å². The molecule has 1 atom stereocenters. The van der Waals surface area contributed by atoms with Crippen molar-refractivity contribution in [3.63, 3.8) is 0 Å². The number of carboxylic acid groups (broad SMARTS) is 1. The molecule has 0 radical (unpaired) electrons. The van der Waals surface area contributed by atoms with E-state index in [0.29, 0.717) is 11.8 Å². The van der Waals surface area contributed by atoms with Crippen LogP contribution in [0.3, 0.4) is 0 Å². The van der Waals surface area contributed by atoms with Gasteiger partial charge in [-0.3, -0.25) is 14.4 Å². The van der Waals surface area contributed by atoms with Crippen LogP contribution in [0.15, 0.2) is 0 Å². The monoisotopic (exact) mass is 252 g/mol. The summed E-state index contributed by atoms with van der Waals surface area (Å²) >= 11 is 1.49. The topological polar surface area (TPSA) is 95.5 Å². The van der Waals surface area contributed by atoms with Gasteiger partial charge in [0.1, 0.15) is 5.25 Å². The standard InChI is InChI=1S/C7H12N2O4S2/c1-8-6(12)14-3-4(5(10)11)15-7(13)9-2/h4H,3H2,1-2H3,(H,8,12)(H,9,13)(H,10,11). The third-order valence-electron chi connectivity index (χ3n) is 1.30. The Kier molecular flexibility index (Phi) is 6.97. The lowest BCUT2D eigenvalue weighted by molar-refractivity contribution is -0.135. The van der Waals surface area contributed by atoms with E-state index < -0.39 is 16.5 Å². The summed E-state index contributed by atoms with van der Waals surface area (Å²) in [5.74, 6) is -1.06. The zero-order valence-corrected chi connectivity index (χ0v) is 9.91. The minimum absolute atomic E-state index is 0.0487. The molecule has 0 heterocycles. The molecule has 0 saturated carbocycles. The lowest BCUT2D eigenvalue weighted by atomic mass is 10.5. The van der Waals surface area contributed by atoms with E-state index in [-0.39, 0.29) is 11.0 Å². The Labute approximate surface area is 95.6 Å². The van der Waals surface area contributed by atoms with Gasteiger partial charge in [0.25, 0.3) is 10.5 Å². The number of carbonyl (C=O) groups excluding carboxylic acids is 2. The van der Waals surface area contributed by atoms with Gasteiger partial charge in [0, 0.05) is 19.8 Å². The van der Waals surface area contributed by atoms with Gasteiger partial charge in [0.2, 0.25) is 0 Å². The number of thioether (sulfide) groups is 2. The number of rotatable bonds is 4. The van der Waals surface area contributed by atoms with Crippen LogP contribution in [0.5, 0.6) is 0 Å². The van der Waals surface area contributed by atoms with Crippen molar-refractivity contribution in [3.05, 3.63) is 0 Å². The lowest BCUT2D eigenvalue weighted by Crippen LogP contribution is -2.26. The summed E-state index contributed by atoms with van der Waals surface area (Å²) < 4.78 is 0. The number of nitrogens with one attached hydrogen (secondary N) is 2. The van der Waals surface area contributed by atoms with Gasteiger partial charge in [0.15, 0.2) is 0 Å². The van der Waals surface area contributed by atoms with Crippen LogP contribution in [-0.2, 0) is 4.79 Å². The summed E-state index contributed by atoms with van der Waals surface area (Å²) in [6.45, 7) is 0. The number of carbonyl (C=O) groups is 3. The zero-order chi connectivity index (χ0) is 11.8. The first-order chi connectivity index (χ1) is 7.01. The molecule has 6 nitrogen and oxygen atoms in total. The largest absolute Gasteiger partial charge is 0.480 e. The molecule has 0 fully saturated rings. The van der Waals surface area contributed by atoms with E-state index in [0.717, 1.165) is 11.8 Å². The molecule has 86 valence electrons. The Hall–Kier alpha value is -0.890. The van der Waals surface area contributed by atoms with Crippen molar-refractivity contribution in [1.82, 2.24) is 10.6 Å². The molecule has 0 saturated heterocycles. The van der Waals surface area contributed by atoms with E-state index in [4.69, 9.17) is 5.11 Å². The van der Waals surface area contributed by atoms with Gasteiger partial charge in [-0.1, -0.05) is 11.8 Å². The summed E-state index contributed by atoms with van der Waals surface area (Å²) in [4.78, 5) is 32.5. The summed E-state index contributed by atoms with van der Waals surface area (Å²) in [7, 11) is 2.87. The minimum Gasteiger partial charge on any atom is -0.480 e. The second-order valence-corrected chi connectivity index (χ2v) is 4.50. The Morgan fingerprint density at radius 2 is 1.73 bits per heavy atom. The Bertz CT molecular complexity index is 259. The first-order valence-electron chi connectivity index (χ1n) is 3.97. The van der Waals surface area contributed by atoms with Crippen molar-refractivity contribution in [2.75, 3.05) is 19.8 Å². The summed E-state index contributed by atoms with van der Waals surface area (Å²) in [5.41, 5.74) is 0. The number of hydrogen-bond donors (Lipinski definition) is 3. The van der Waals surface area contributed by atoms with Crippen LogP contribution in [0.2, 0.25) is 0 Å². The van der Waals surface area contributed by atoms with Crippen molar-refractivity contribution < 1.29 is 19.5 Å². The third kappa shape index (κ3) is 6.24. The van der Waals surface area contributed by atoms with Gasteiger partial charge in [0.05, 0.1) is 0 Å². The first kappa shape index (κ1) is 14.1. The maximum Gasteiger partial charge on any atom is 0.318 e. The van der Waals surface area contributed by atoms with Gasteiger partial charge in [-0.2, -0.15) is 0 Å². The van der Waals surface area contributed by atoms with Crippen LogP contribution >= 0.6 is 23.5 Å². The van der Waals surface area contributed by atoms with E-state index in [1.807, 2.05) is 0 Å². The van der Waals surface area contributed by atoms with Gasteiger partial charge in [-0.25, -0.2) is 0 Å². The molecule has 0 aliphatic rings. The molecule has 0 rings (SSSR count). The smallest absolute Gasteiger partial charge is 0.318 e. The second-order valence-electron chi connectivity index (χ2n) is 2.33. The van der Waals surface area contributed by atoms with Crippen LogP contribution in [-0.4, -0.2) is 46.7 Å². The average Bonchev–Trinajstić information content (AvgIpc) is 2.22. The summed E-state index contributed by atoms with van der Waals surface area (Å²) in [6, 6.07) is 0. The Morgan fingerprint density at radius 3 is 2.13 bits per heavy atom. The molecular weight excluding hydrogens is 240 g/mol. The molecule has 15 heavy (non-hydrogen) atoms. The highest BCUT2D eigenvalue weighted by atomic mass is 32.2. The lowest BCUT2D eigenvalue weighted by Gasteiger charge is -2.09. The second kappa shape index (κ2) is 7.41. The molecule has 3 N–H and O–H groups in total. The summed E-state index contributed by atoms with van der Waals surface area (Å²) in [5, 5.41) is 11.7. The van der Waals surface area contributed by atoms with Gasteiger partial charge < -0.3 is 15.7 Å². The minimum atomic E-state index is -1.11. The highest BCUT2D eigenvalue weighted by molar-refractivity contribution is 8.17. The first-order valence-corrected chi connectivity index (χ1v) is 5.83. The molecular formula is C7H12N2O4S2. The van der Waals surface area contributed by atoms with Crippen LogP contribution in [0.1, 0.15) is 0 Å². The average molecular weight is 252 g/mol. The highest BCUT2D eigenvalue weighted by Crippen LogP contribution is 2.17. The van der Waals surface area contributed by atoms with Crippen LogP contribution in [0.25, 0.3) is 0 Å². The predicted molar refractivity (Wildman–Crippen MR) is 60.4 cm³/mol. The van der Waals surface area contributed by atoms with Crippen LogP contribution < -0.4 is 10.6 Å². The molecule has 0 spiro atoms. The summed E-state index contributed by atoms with van der Waals surface area (Å²) in [6.07, 6.45) is 0. The molecule has 0 aliphatic carbocycles. The SMILES string of the molecule is CNC(=O)SCC(SC(=O)NC)C(=O)O. The van der Waals surface area contributed by atoms with E-state index in [9.17, 15) is 14.4 Å². The molecule has 2 amide bonds. The van der Waals surface area contributed by atoms with E-state index in [2.05, 4.69) is 10.6 Å². The fraction of sp³-hybridized carbons (Fsp3) is 0.571. The highest BCUT2D eigenvalue weighted by Gasteiger charge is 2.22. The van der Waals surface area contributed by atoms with Crippen LogP contribution in [0, 0.1) is 0 Å². The molecule has 0 aromatic heterocycles.